The van der Waals surface area contributed by atoms with E-state index in [9.17, 15) is 9.59 Å². The minimum absolute atomic E-state index is 0.0308. The lowest BCUT2D eigenvalue weighted by atomic mass is 10.0. The van der Waals surface area contributed by atoms with Crippen molar-refractivity contribution in [1.82, 2.24) is 9.97 Å². The number of fused-ring (bicyclic) bond motifs is 2. The number of hydrogen-bond donors (Lipinski definition) is 1. The van der Waals surface area contributed by atoms with Gasteiger partial charge in [-0.1, -0.05) is 6.07 Å². The molecule has 0 saturated carbocycles. The van der Waals surface area contributed by atoms with Crippen molar-refractivity contribution in [2.75, 3.05) is 16.8 Å². The lowest BCUT2D eigenvalue weighted by Gasteiger charge is -2.19. The number of aryl methyl sites for hydroxylation is 1. The fourth-order valence-corrected chi connectivity index (χ4v) is 2.93. The zero-order valence-electron chi connectivity index (χ0n) is 11.9. The predicted octanol–water partition coefficient (Wildman–Crippen LogP) is 1.56. The van der Waals surface area contributed by atoms with Crippen LogP contribution in [0.2, 0.25) is 0 Å². The summed E-state index contributed by atoms with van der Waals surface area (Å²) >= 11 is 0. The Balaban J connectivity index is 1.66. The quantitative estimate of drug-likeness (QED) is 0.866. The molecule has 0 aromatic carbocycles. The summed E-state index contributed by atoms with van der Waals surface area (Å²) in [5.41, 5.74) is 2.54. The second kappa shape index (κ2) is 4.91. The van der Waals surface area contributed by atoms with Crippen LogP contribution in [0.1, 0.15) is 27.9 Å². The van der Waals surface area contributed by atoms with Gasteiger partial charge >= 0.3 is 0 Å². The highest BCUT2D eigenvalue weighted by molar-refractivity contribution is 6.07. The van der Waals surface area contributed by atoms with E-state index in [1.807, 2.05) is 18.2 Å². The molecule has 110 valence electrons. The summed E-state index contributed by atoms with van der Waals surface area (Å²) in [6.07, 6.45) is 5.09. The summed E-state index contributed by atoms with van der Waals surface area (Å²) in [4.78, 5) is 34.3. The maximum absolute atomic E-state index is 12.7. The number of rotatable bonds is 1. The Hall–Kier alpha value is -2.76. The first-order chi connectivity index (χ1) is 10.7. The molecule has 0 fully saturated rings. The summed E-state index contributed by atoms with van der Waals surface area (Å²) in [6, 6.07) is 5.71. The van der Waals surface area contributed by atoms with Crippen LogP contribution in [0.15, 0.2) is 30.6 Å². The van der Waals surface area contributed by atoms with E-state index in [2.05, 4.69) is 15.3 Å². The molecule has 2 aliphatic heterocycles. The van der Waals surface area contributed by atoms with E-state index >= 15 is 0 Å². The molecule has 0 spiro atoms. The molecule has 0 bridgehead atoms. The molecule has 4 heterocycles. The molecule has 0 unspecified atom stereocenters. The van der Waals surface area contributed by atoms with E-state index in [1.165, 1.54) is 6.20 Å². The van der Waals surface area contributed by atoms with E-state index in [-0.39, 0.29) is 11.8 Å². The van der Waals surface area contributed by atoms with Gasteiger partial charge in [0.05, 0.1) is 5.56 Å². The van der Waals surface area contributed by atoms with E-state index < -0.39 is 0 Å². The molecule has 0 radical (unpaired) electrons. The number of carbonyl (C=O) groups is 2. The number of nitrogens with one attached hydrogen (secondary N) is 1. The number of pyridine rings is 2. The zero-order chi connectivity index (χ0) is 15.1. The van der Waals surface area contributed by atoms with Crippen molar-refractivity contribution in [2.24, 2.45) is 0 Å². The Morgan fingerprint density at radius 2 is 2.09 bits per heavy atom. The summed E-state index contributed by atoms with van der Waals surface area (Å²) in [6.45, 7) is 0.638. The van der Waals surface area contributed by atoms with Gasteiger partial charge in [0.1, 0.15) is 11.6 Å². The van der Waals surface area contributed by atoms with Crippen molar-refractivity contribution >= 4 is 23.5 Å². The fourth-order valence-electron chi connectivity index (χ4n) is 2.93. The summed E-state index contributed by atoms with van der Waals surface area (Å²) in [5, 5.41) is 2.72. The lowest BCUT2D eigenvalue weighted by Crippen LogP contribution is -2.30. The average molecular weight is 294 g/mol. The molecule has 0 saturated heterocycles. The third kappa shape index (κ3) is 2.04. The van der Waals surface area contributed by atoms with Crippen molar-refractivity contribution in [3.05, 3.63) is 47.3 Å². The molecule has 22 heavy (non-hydrogen) atoms. The van der Waals surface area contributed by atoms with Crippen LogP contribution in [-0.2, 0) is 17.6 Å². The van der Waals surface area contributed by atoms with Gasteiger partial charge in [-0.3, -0.25) is 14.5 Å². The van der Waals surface area contributed by atoms with Gasteiger partial charge in [-0.05, 0) is 36.1 Å². The van der Waals surface area contributed by atoms with E-state index in [4.69, 9.17) is 0 Å². The fraction of sp³-hybridized carbons (Fsp3) is 0.250. The molecular weight excluding hydrogens is 280 g/mol. The minimum Gasteiger partial charge on any atom is -0.310 e. The minimum atomic E-state index is -0.0929. The number of carbonyl (C=O) groups excluding carboxylic acids is 2. The summed E-state index contributed by atoms with van der Waals surface area (Å²) < 4.78 is 0. The number of nitrogens with zero attached hydrogens (tertiary/aromatic N) is 3. The van der Waals surface area contributed by atoms with Crippen LogP contribution >= 0.6 is 0 Å². The predicted molar refractivity (Wildman–Crippen MR) is 80.8 cm³/mol. The van der Waals surface area contributed by atoms with Crippen LogP contribution in [0.25, 0.3) is 0 Å². The highest BCUT2D eigenvalue weighted by atomic mass is 16.2. The van der Waals surface area contributed by atoms with Gasteiger partial charge in [-0.2, -0.15) is 0 Å². The molecule has 2 aliphatic rings. The first kappa shape index (κ1) is 12.9. The van der Waals surface area contributed by atoms with Gasteiger partial charge in [-0.25, -0.2) is 9.97 Å². The Labute approximate surface area is 127 Å². The monoisotopic (exact) mass is 294 g/mol. The molecule has 6 heteroatoms. The summed E-state index contributed by atoms with van der Waals surface area (Å²) in [7, 11) is 0. The molecule has 2 amide bonds. The number of amides is 2. The molecule has 1 N–H and O–H groups in total. The molecule has 0 atom stereocenters. The number of aromatic nitrogens is 2. The van der Waals surface area contributed by atoms with Crippen LogP contribution in [0.4, 0.5) is 11.6 Å². The standard InChI is InChI=1S/C16H14N4O2/c21-13-4-3-11-8-12(9-18-14(11)19-13)16(22)20-7-5-10-2-1-6-17-15(10)20/h1-2,6,8-9H,3-5,7H2,(H,18,19,21). The van der Waals surface area contributed by atoms with Crippen molar-refractivity contribution in [1.29, 1.82) is 0 Å². The van der Waals surface area contributed by atoms with Crippen LogP contribution in [0, 0.1) is 0 Å². The van der Waals surface area contributed by atoms with Crippen LogP contribution in [-0.4, -0.2) is 28.3 Å². The van der Waals surface area contributed by atoms with E-state index in [0.29, 0.717) is 30.8 Å². The average Bonchev–Trinajstić information content (AvgIpc) is 2.97. The van der Waals surface area contributed by atoms with Crippen molar-refractivity contribution < 1.29 is 9.59 Å². The highest BCUT2D eigenvalue weighted by Crippen LogP contribution is 2.27. The first-order valence-corrected chi connectivity index (χ1v) is 7.27. The molecule has 0 aliphatic carbocycles. The van der Waals surface area contributed by atoms with E-state index in [0.717, 1.165) is 23.4 Å². The summed E-state index contributed by atoms with van der Waals surface area (Å²) in [5.74, 6) is 1.17. The number of hydrogen-bond acceptors (Lipinski definition) is 4. The molecule has 2 aromatic heterocycles. The van der Waals surface area contributed by atoms with E-state index in [1.54, 1.807) is 11.1 Å². The van der Waals surface area contributed by atoms with Gasteiger partial charge in [0.25, 0.3) is 5.91 Å². The third-order valence-corrected chi connectivity index (χ3v) is 4.07. The number of anilines is 2. The van der Waals surface area contributed by atoms with Gasteiger partial charge in [0.15, 0.2) is 0 Å². The largest absolute Gasteiger partial charge is 0.310 e. The normalized spacial score (nSPS) is 16.0. The zero-order valence-corrected chi connectivity index (χ0v) is 11.9. The van der Waals surface area contributed by atoms with Crippen molar-refractivity contribution in [3.8, 4) is 0 Å². The smallest absolute Gasteiger partial charge is 0.261 e. The Morgan fingerprint density at radius 1 is 1.18 bits per heavy atom. The lowest BCUT2D eigenvalue weighted by molar-refractivity contribution is -0.116. The Bertz CT molecular complexity index is 787. The first-order valence-electron chi connectivity index (χ1n) is 7.27. The maximum atomic E-state index is 12.7. The van der Waals surface area contributed by atoms with Gasteiger partial charge < -0.3 is 5.32 Å². The van der Waals surface area contributed by atoms with Gasteiger partial charge in [0, 0.05) is 25.4 Å². The van der Waals surface area contributed by atoms with Crippen molar-refractivity contribution in [2.45, 2.75) is 19.3 Å². The van der Waals surface area contributed by atoms with Crippen LogP contribution in [0.5, 0.6) is 0 Å². The third-order valence-electron chi connectivity index (χ3n) is 4.07. The van der Waals surface area contributed by atoms with Crippen LogP contribution in [0.3, 0.4) is 0 Å². The molecular formula is C16H14N4O2. The molecule has 6 nitrogen and oxygen atoms in total. The molecule has 4 rings (SSSR count). The second-order valence-corrected chi connectivity index (χ2v) is 5.47. The van der Waals surface area contributed by atoms with Crippen LogP contribution < -0.4 is 10.2 Å². The van der Waals surface area contributed by atoms with Gasteiger partial charge in [0.2, 0.25) is 5.91 Å². The van der Waals surface area contributed by atoms with Gasteiger partial charge in [-0.15, -0.1) is 0 Å². The molecule has 2 aromatic rings. The highest BCUT2D eigenvalue weighted by Gasteiger charge is 2.27. The topological polar surface area (TPSA) is 75.2 Å². The van der Waals surface area contributed by atoms with Crippen molar-refractivity contribution in [3.63, 3.8) is 0 Å². The Kier molecular flexibility index (Phi) is 2.89. The Morgan fingerprint density at radius 3 is 3.00 bits per heavy atom. The SMILES string of the molecule is O=C1CCc2cc(C(=O)N3CCc4cccnc43)cnc2N1. The second-order valence-electron chi connectivity index (χ2n) is 5.47. The maximum Gasteiger partial charge on any atom is 0.261 e.